The molecule has 2 aliphatic carbocycles. The van der Waals surface area contributed by atoms with Gasteiger partial charge in [0.2, 0.25) is 5.91 Å². The number of nitrogens with one attached hydrogen (secondary N) is 1. The van der Waals surface area contributed by atoms with Crippen molar-refractivity contribution in [2.24, 2.45) is 11.3 Å². The fourth-order valence-electron chi connectivity index (χ4n) is 2.72. The molecule has 2 fully saturated rings. The molecule has 2 saturated carbocycles. The van der Waals surface area contributed by atoms with E-state index >= 15 is 0 Å². The first kappa shape index (κ1) is 12.4. The lowest BCUT2D eigenvalue weighted by molar-refractivity contribution is -0.142. The molecule has 2 rings (SSSR count). The van der Waals surface area contributed by atoms with E-state index in [-0.39, 0.29) is 23.3 Å². The van der Waals surface area contributed by atoms with Crippen molar-refractivity contribution in [1.82, 2.24) is 5.32 Å². The molecule has 0 unspecified atom stereocenters. The third kappa shape index (κ3) is 2.61. The predicted molar refractivity (Wildman–Crippen MR) is 63.5 cm³/mol. The van der Waals surface area contributed by atoms with Gasteiger partial charge >= 0.3 is 5.97 Å². The first-order valence-electron chi connectivity index (χ1n) is 6.61. The normalized spacial score (nSPS) is 30.6. The molecule has 1 amide bonds. The van der Waals surface area contributed by atoms with Gasteiger partial charge in [-0.2, -0.15) is 0 Å². The quantitative estimate of drug-likeness (QED) is 0.787. The summed E-state index contributed by atoms with van der Waals surface area (Å²) >= 11 is 0. The molecule has 0 radical (unpaired) electrons. The third-order valence-electron chi connectivity index (χ3n) is 4.42. The maximum Gasteiger partial charge on any atom is 0.306 e. The average Bonchev–Trinajstić information content (AvgIpc) is 3.10. The minimum Gasteiger partial charge on any atom is -0.481 e. The van der Waals surface area contributed by atoms with Gasteiger partial charge in [-0.05, 0) is 44.9 Å². The van der Waals surface area contributed by atoms with Crippen LogP contribution in [0.4, 0.5) is 0 Å². The summed E-state index contributed by atoms with van der Waals surface area (Å²) in [5, 5.41) is 12.0. The molecule has 0 aromatic rings. The van der Waals surface area contributed by atoms with Crippen LogP contribution in [0.15, 0.2) is 0 Å². The van der Waals surface area contributed by atoms with Crippen LogP contribution in [-0.4, -0.2) is 23.0 Å². The van der Waals surface area contributed by atoms with Gasteiger partial charge in [0.25, 0.3) is 0 Å². The minimum absolute atomic E-state index is 0.0797. The molecule has 2 N–H and O–H groups in total. The van der Waals surface area contributed by atoms with Crippen LogP contribution in [0.25, 0.3) is 0 Å². The summed E-state index contributed by atoms with van der Waals surface area (Å²) in [5.41, 5.74) is -0.0797. The highest BCUT2D eigenvalue weighted by molar-refractivity contribution is 5.85. The number of carbonyl (C=O) groups is 2. The lowest BCUT2D eigenvalue weighted by Gasteiger charge is -2.28. The van der Waals surface area contributed by atoms with E-state index < -0.39 is 5.97 Å². The van der Waals surface area contributed by atoms with Crippen molar-refractivity contribution < 1.29 is 14.7 Å². The highest BCUT2D eigenvalue weighted by atomic mass is 16.4. The molecule has 0 aliphatic heterocycles. The third-order valence-corrected chi connectivity index (χ3v) is 4.42. The largest absolute Gasteiger partial charge is 0.481 e. The van der Waals surface area contributed by atoms with Crippen molar-refractivity contribution in [2.75, 3.05) is 0 Å². The van der Waals surface area contributed by atoms with Crippen molar-refractivity contribution >= 4 is 11.9 Å². The number of hydrogen-bond donors (Lipinski definition) is 2. The Kier molecular flexibility index (Phi) is 3.40. The number of carboxylic acid groups (broad SMARTS) is 1. The van der Waals surface area contributed by atoms with Gasteiger partial charge < -0.3 is 10.4 Å². The van der Waals surface area contributed by atoms with E-state index in [4.69, 9.17) is 5.11 Å². The Balaban J connectivity index is 1.78. The Morgan fingerprint density at radius 3 is 2.24 bits per heavy atom. The highest BCUT2D eigenvalue weighted by Gasteiger charge is 2.48. The number of carbonyl (C=O) groups excluding carboxylic acids is 1. The summed E-state index contributed by atoms with van der Waals surface area (Å²) in [4.78, 5) is 22.8. The van der Waals surface area contributed by atoms with Gasteiger partial charge in [0.1, 0.15) is 0 Å². The van der Waals surface area contributed by atoms with E-state index in [2.05, 4.69) is 12.2 Å². The second-order valence-corrected chi connectivity index (χ2v) is 5.49. The van der Waals surface area contributed by atoms with Gasteiger partial charge in [-0.15, -0.1) is 0 Å². The second-order valence-electron chi connectivity index (χ2n) is 5.49. The lowest BCUT2D eigenvalue weighted by Crippen LogP contribution is -2.42. The molecule has 96 valence electrons. The van der Waals surface area contributed by atoms with Crippen LogP contribution in [-0.2, 0) is 9.59 Å². The smallest absolute Gasteiger partial charge is 0.306 e. The molecule has 0 atom stereocenters. The van der Waals surface area contributed by atoms with E-state index in [1.54, 1.807) is 0 Å². The second kappa shape index (κ2) is 4.67. The fourth-order valence-corrected chi connectivity index (χ4v) is 2.72. The molecule has 0 spiro atoms. The van der Waals surface area contributed by atoms with E-state index in [1.165, 1.54) is 0 Å². The van der Waals surface area contributed by atoms with Gasteiger partial charge in [-0.3, -0.25) is 9.59 Å². The molecule has 4 heteroatoms. The summed E-state index contributed by atoms with van der Waals surface area (Å²) in [6, 6.07) is 0.196. The Morgan fingerprint density at radius 1 is 1.24 bits per heavy atom. The standard InChI is InChI=1S/C13H21NO3/c1-2-13(7-8-13)12(17)14-10-5-3-9(4-6-10)11(15)16/h9-10H,2-8H2,1H3,(H,14,17)(H,15,16). The van der Waals surface area contributed by atoms with E-state index in [9.17, 15) is 9.59 Å². The molecular weight excluding hydrogens is 218 g/mol. The first-order valence-corrected chi connectivity index (χ1v) is 6.61. The summed E-state index contributed by atoms with van der Waals surface area (Å²) in [6.45, 7) is 2.06. The van der Waals surface area contributed by atoms with Gasteiger partial charge in [0, 0.05) is 11.5 Å². The van der Waals surface area contributed by atoms with Crippen LogP contribution in [0.5, 0.6) is 0 Å². The van der Waals surface area contributed by atoms with Crippen molar-refractivity contribution in [3.63, 3.8) is 0 Å². The molecule has 17 heavy (non-hydrogen) atoms. The number of carboxylic acids is 1. The molecule has 0 bridgehead atoms. The summed E-state index contributed by atoms with van der Waals surface area (Å²) < 4.78 is 0. The number of amides is 1. The molecule has 2 aliphatic rings. The number of rotatable bonds is 4. The van der Waals surface area contributed by atoms with Crippen molar-refractivity contribution in [1.29, 1.82) is 0 Å². The first-order chi connectivity index (χ1) is 8.07. The topological polar surface area (TPSA) is 66.4 Å². The fraction of sp³-hybridized carbons (Fsp3) is 0.846. The minimum atomic E-state index is -0.693. The zero-order valence-electron chi connectivity index (χ0n) is 10.4. The molecule has 0 heterocycles. The van der Waals surface area contributed by atoms with Gasteiger partial charge in [-0.1, -0.05) is 6.92 Å². The van der Waals surface area contributed by atoms with Gasteiger partial charge in [0.05, 0.1) is 5.92 Å². The summed E-state index contributed by atoms with van der Waals surface area (Å²) in [6.07, 6.45) is 5.95. The zero-order valence-corrected chi connectivity index (χ0v) is 10.4. The summed E-state index contributed by atoms with van der Waals surface area (Å²) in [5.74, 6) is -0.704. The maximum absolute atomic E-state index is 12.0. The SMILES string of the molecule is CCC1(C(=O)NC2CCC(C(=O)O)CC2)CC1. The molecule has 0 aromatic carbocycles. The van der Waals surface area contributed by atoms with Crippen molar-refractivity contribution in [2.45, 2.75) is 57.9 Å². The monoisotopic (exact) mass is 239 g/mol. The molecule has 4 nitrogen and oxygen atoms in total. The van der Waals surface area contributed by atoms with Crippen molar-refractivity contribution in [3.8, 4) is 0 Å². The lowest BCUT2D eigenvalue weighted by atomic mass is 9.85. The Labute approximate surface area is 102 Å². The van der Waals surface area contributed by atoms with Gasteiger partial charge in [0.15, 0.2) is 0 Å². The van der Waals surface area contributed by atoms with Crippen LogP contribution in [0.3, 0.4) is 0 Å². The maximum atomic E-state index is 12.0. The van der Waals surface area contributed by atoms with E-state index in [0.717, 1.165) is 32.1 Å². The Morgan fingerprint density at radius 2 is 1.82 bits per heavy atom. The van der Waals surface area contributed by atoms with Gasteiger partial charge in [-0.25, -0.2) is 0 Å². The number of hydrogen-bond acceptors (Lipinski definition) is 2. The van der Waals surface area contributed by atoms with Crippen LogP contribution >= 0.6 is 0 Å². The Bertz CT molecular complexity index is 315. The van der Waals surface area contributed by atoms with Crippen LogP contribution in [0.1, 0.15) is 51.9 Å². The predicted octanol–water partition coefficient (Wildman–Crippen LogP) is 1.94. The Hall–Kier alpha value is -1.06. The molecule has 0 aromatic heterocycles. The van der Waals surface area contributed by atoms with Crippen LogP contribution < -0.4 is 5.32 Å². The molecule has 0 saturated heterocycles. The van der Waals surface area contributed by atoms with E-state index in [0.29, 0.717) is 12.8 Å². The van der Waals surface area contributed by atoms with Crippen molar-refractivity contribution in [3.05, 3.63) is 0 Å². The average molecular weight is 239 g/mol. The van der Waals surface area contributed by atoms with E-state index in [1.807, 2.05) is 0 Å². The highest BCUT2D eigenvalue weighted by Crippen LogP contribution is 2.49. The summed E-state index contributed by atoms with van der Waals surface area (Å²) in [7, 11) is 0. The zero-order chi connectivity index (χ0) is 12.5. The molecular formula is C13H21NO3. The van der Waals surface area contributed by atoms with Crippen LogP contribution in [0, 0.1) is 11.3 Å². The number of aliphatic carboxylic acids is 1. The van der Waals surface area contributed by atoms with Crippen LogP contribution in [0.2, 0.25) is 0 Å².